The van der Waals surface area contributed by atoms with E-state index < -0.39 is 0 Å². The highest BCUT2D eigenvalue weighted by Crippen LogP contribution is 2.43. The Balaban J connectivity index is 1.01. The van der Waals surface area contributed by atoms with Gasteiger partial charge in [0.15, 0.2) is 17.5 Å². The number of para-hydroxylation sites is 2. The average molecular weight is 866 g/mol. The Hall–Kier alpha value is -9.19. The Morgan fingerprint density at radius 1 is 0.279 bits per heavy atom. The lowest BCUT2D eigenvalue weighted by atomic mass is 9.98. The monoisotopic (exact) mass is 865 g/mol. The molecule has 0 saturated heterocycles. The molecule has 0 amide bonds. The highest BCUT2D eigenvalue weighted by molar-refractivity contribution is 6.21. The molecule has 0 aliphatic carbocycles. The van der Waals surface area contributed by atoms with Crippen molar-refractivity contribution in [3.05, 3.63) is 237 Å². The molecule has 0 bridgehead atoms. The number of hydrogen-bond donors (Lipinski definition) is 0. The Labute approximate surface area is 391 Å². The summed E-state index contributed by atoms with van der Waals surface area (Å²) in [6, 6.07) is 84.6. The summed E-state index contributed by atoms with van der Waals surface area (Å²) in [5.41, 5.74) is 11.7. The summed E-state index contributed by atoms with van der Waals surface area (Å²) in [6.07, 6.45) is 0. The van der Waals surface area contributed by atoms with E-state index in [1.807, 2.05) is 24.3 Å². The third kappa shape index (κ3) is 5.93. The normalized spacial score (nSPS) is 11.8. The van der Waals surface area contributed by atoms with Crippen molar-refractivity contribution in [2.45, 2.75) is 0 Å². The van der Waals surface area contributed by atoms with E-state index >= 15 is 0 Å². The summed E-state index contributed by atoms with van der Waals surface area (Å²) in [7, 11) is 0. The van der Waals surface area contributed by atoms with Crippen molar-refractivity contribution >= 4 is 75.9 Å². The van der Waals surface area contributed by atoms with Crippen LogP contribution in [0.4, 0.5) is 0 Å². The molecule has 5 heteroatoms. The van der Waals surface area contributed by atoms with Crippen LogP contribution in [0.2, 0.25) is 0 Å². The van der Waals surface area contributed by atoms with Gasteiger partial charge in [0.2, 0.25) is 0 Å². The molecule has 3 heterocycles. The fraction of sp³-hybridized carbons (Fsp3) is 0. The molecule has 0 radical (unpaired) electrons. The fourth-order valence-corrected chi connectivity index (χ4v) is 10.7. The number of aromatic nitrogens is 5. The van der Waals surface area contributed by atoms with Crippen LogP contribution in [0.15, 0.2) is 237 Å². The third-order valence-corrected chi connectivity index (χ3v) is 13.7. The van der Waals surface area contributed by atoms with E-state index in [2.05, 4.69) is 221 Å². The van der Waals surface area contributed by atoms with Crippen molar-refractivity contribution in [3.8, 4) is 56.7 Å². The first-order chi connectivity index (χ1) is 33.7. The van der Waals surface area contributed by atoms with E-state index in [1.54, 1.807) is 0 Å². The van der Waals surface area contributed by atoms with Gasteiger partial charge in [0.1, 0.15) is 0 Å². The minimum atomic E-state index is 0.610. The molecule has 11 aromatic carbocycles. The lowest BCUT2D eigenvalue weighted by molar-refractivity contribution is 1.07. The molecule has 68 heavy (non-hydrogen) atoms. The van der Waals surface area contributed by atoms with Crippen LogP contribution in [0.5, 0.6) is 0 Å². The van der Waals surface area contributed by atoms with E-state index in [1.165, 1.54) is 48.7 Å². The average Bonchev–Trinajstić information content (AvgIpc) is 3.92. The maximum absolute atomic E-state index is 5.47. The van der Waals surface area contributed by atoms with Crippen molar-refractivity contribution in [2.75, 3.05) is 0 Å². The zero-order chi connectivity index (χ0) is 44.7. The molecular formula is C63H39N5. The molecule has 0 atom stereocenters. The molecule has 0 unspecified atom stereocenters. The molecule has 0 fully saturated rings. The van der Waals surface area contributed by atoms with Crippen LogP contribution in [-0.2, 0) is 0 Å². The molecule has 0 N–H and O–H groups in total. The molecular weight excluding hydrogens is 827 g/mol. The topological polar surface area (TPSA) is 48.5 Å². The molecule has 316 valence electrons. The molecule has 5 nitrogen and oxygen atoms in total. The molecule has 0 aliphatic heterocycles. The predicted octanol–water partition coefficient (Wildman–Crippen LogP) is 16.2. The minimum Gasteiger partial charge on any atom is -0.309 e. The van der Waals surface area contributed by atoms with E-state index in [-0.39, 0.29) is 0 Å². The van der Waals surface area contributed by atoms with Gasteiger partial charge in [0.05, 0.1) is 33.3 Å². The van der Waals surface area contributed by atoms with E-state index in [0.29, 0.717) is 17.5 Å². The molecule has 3 aromatic heterocycles. The number of fused-ring (bicyclic) bond motifs is 10. The Morgan fingerprint density at radius 2 is 0.853 bits per heavy atom. The second-order valence-electron chi connectivity index (χ2n) is 17.6. The highest BCUT2D eigenvalue weighted by Gasteiger charge is 2.23. The Bertz CT molecular complexity index is 4320. The maximum atomic E-state index is 5.47. The minimum absolute atomic E-state index is 0.610. The lowest BCUT2D eigenvalue weighted by Gasteiger charge is -2.18. The SMILES string of the molecule is c1ccc(-c2nc(-c3ccccc3-c3ccccc3)nc(-c3c(-n4c5ccccc5c5cc6cc(-n7c8ccccc8c8c9ccccc9ccc87)ccc6cc54)ccc4ccccc34)n2)cc1. The molecule has 0 aliphatic rings. The first kappa shape index (κ1) is 38.1. The Morgan fingerprint density at radius 3 is 1.65 bits per heavy atom. The molecule has 0 spiro atoms. The molecule has 14 aromatic rings. The largest absolute Gasteiger partial charge is 0.309 e. The molecule has 0 saturated carbocycles. The van der Waals surface area contributed by atoms with Crippen LogP contribution in [-0.4, -0.2) is 24.1 Å². The predicted molar refractivity (Wildman–Crippen MR) is 283 cm³/mol. The van der Waals surface area contributed by atoms with Crippen molar-refractivity contribution in [2.24, 2.45) is 0 Å². The van der Waals surface area contributed by atoms with Crippen LogP contribution in [0.3, 0.4) is 0 Å². The van der Waals surface area contributed by atoms with E-state index in [9.17, 15) is 0 Å². The summed E-state index contributed by atoms with van der Waals surface area (Å²) in [5.74, 6) is 1.85. The van der Waals surface area contributed by atoms with Gasteiger partial charge < -0.3 is 9.13 Å². The van der Waals surface area contributed by atoms with Gasteiger partial charge in [-0.25, -0.2) is 15.0 Å². The third-order valence-electron chi connectivity index (χ3n) is 13.7. The van der Waals surface area contributed by atoms with Gasteiger partial charge in [-0.05, 0) is 92.0 Å². The lowest BCUT2D eigenvalue weighted by Crippen LogP contribution is -2.05. The van der Waals surface area contributed by atoms with Crippen LogP contribution in [0.1, 0.15) is 0 Å². The maximum Gasteiger partial charge on any atom is 0.166 e. The summed E-state index contributed by atoms with van der Waals surface area (Å²) in [6.45, 7) is 0. The zero-order valence-corrected chi connectivity index (χ0v) is 36.8. The van der Waals surface area contributed by atoms with Crippen molar-refractivity contribution in [3.63, 3.8) is 0 Å². The van der Waals surface area contributed by atoms with Gasteiger partial charge in [0.25, 0.3) is 0 Å². The van der Waals surface area contributed by atoms with E-state index in [4.69, 9.17) is 15.0 Å². The van der Waals surface area contributed by atoms with E-state index in [0.717, 1.165) is 66.4 Å². The Kier molecular flexibility index (Phi) is 8.52. The summed E-state index contributed by atoms with van der Waals surface area (Å²) in [5, 5.41) is 11.9. The smallest absolute Gasteiger partial charge is 0.166 e. The van der Waals surface area contributed by atoms with Crippen LogP contribution in [0.25, 0.3) is 133 Å². The summed E-state index contributed by atoms with van der Waals surface area (Å²) in [4.78, 5) is 16.1. The summed E-state index contributed by atoms with van der Waals surface area (Å²) < 4.78 is 4.84. The van der Waals surface area contributed by atoms with Crippen LogP contribution in [0, 0.1) is 0 Å². The number of rotatable bonds is 6. The van der Waals surface area contributed by atoms with Crippen LogP contribution < -0.4 is 0 Å². The first-order valence-corrected chi connectivity index (χ1v) is 23.1. The highest BCUT2D eigenvalue weighted by atomic mass is 15.1. The van der Waals surface area contributed by atoms with Crippen molar-refractivity contribution < 1.29 is 0 Å². The van der Waals surface area contributed by atoms with Gasteiger partial charge >= 0.3 is 0 Å². The number of hydrogen-bond acceptors (Lipinski definition) is 3. The van der Waals surface area contributed by atoms with Gasteiger partial charge in [0, 0.05) is 38.4 Å². The quantitative estimate of drug-likeness (QED) is 0.167. The van der Waals surface area contributed by atoms with Crippen LogP contribution >= 0.6 is 0 Å². The van der Waals surface area contributed by atoms with Crippen molar-refractivity contribution in [1.82, 2.24) is 24.1 Å². The standard InChI is InChI=1S/C63H39N5/c1-3-17-40(18-4-1)47-23-11-12-27-51(47)62-64-61(43-21-5-2-6-22-43)65-63(66-62)60-49-25-10-8-20-42(49)33-36-57(60)68-54-29-15-13-26-50(54)53-38-45-37-46(34-31-44(45)39-58(53)68)67-55-30-16-14-28-52(55)59-48-24-9-7-19-41(48)32-35-56(59)67/h1-39H. The molecule has 14 rings (SSSR count). The fourth-order valence-electron chi connectivity index (χ4n) is 10.7. The summed E-state index contributed by atoms with van der Waals surface area (Å²) >= 11 is 0. The number of nitrogens with zero attached hydrogens (tertiary/aromatic N) is 5. The van der Waals surface area contributed by atoms with Crippen molar-refractivity contribution in [1.29, 1.82) is 0 Å². The first-order valence-electron chi connectivity index (χ1n) is 23.1. The van der Waals surface area contributed by atoms with Gasteiger partial charge in [-0.2, -0.15) is 0 Å². The van der Waals surface area contributed by atoms with Gasteiger partial charge in [-0.3, -0.25) is 0 Å². The second kappa shape index (κ2) is 15.2. The number of benzene rings is 11. The zero-order valence-electron chi connectivity index (χ0n) is 36.8. The van der Waals surface area contributed by atoms with Gasteiger partial charge in [-0.15, -0.1) is 0 Å². The second-order valence-corrected chi connectivity index (χ2v) is 17.6. The van der Waals surface area contributed by atoms with Gasteiger partial charge in [-0.1, -0.05) is 188 Å².